The van der Waals surface area contributed by atoms with E-state index in [2.05, 4.69) is 0 Å². The fourth-order valence-electron chi connectivity index (χ4n) is 0. The second-order valence-electron chi connectivity index (χ2n) is 0.442. The Bertz CT molecular complexity index is 44.9. The van der Waals surface area contributed by atoms with Gasteiger partial charge in [0.1, 0.15) is 0 Å². The number of hydrogen-bond donors (Lipinski definition) is 0. The molecule has 0 aromatic heterocycles. The van der Waals surface area contributed by atoms with Gasteiger partial charge in [0.25, 0.3) is 0 Å². The van der Waals surface area contributed by atoms with Crippen molar-refractivity contribution in [3.05, 3.63) is 0 Å². The summed E-state index contributed by atoms with van der Waals surface area (Å²) in [6.45, 7) is 0. The van der Waals surface area contributed by atoms with Crippen molar-refractivity contribution in [1.82, 2.24) is 0 Å². The Labute approximate surface area is 33.6 Å². The van der Waals surface area contributed by atoms with Crippen LogP contribution in [0.3, 0.4) is 0 Å². The van der Waals surface area contributed by atoms with E-state index in [1.54, 1.807) is 0 Å². The van der Waals surface area contributed by atoms with Gasteiger partial charge in [-0.2, -0.15) is 4.39 Å². The summed E-state index contributed by atoms with van der Waals surface area (Å²) in [7, 11) is 0. The molecule has 0 aliphatic heterocycles. The van der Waals surface area contributed by atoms with E-state index < -0.39 is 5.37 Å². The summed E-state index contributed by atoms with van der Waals surface area (Å²) in [5, 5.41) is -1.33. The maximum atomic E-state index is 10.8. The maximum absolute atomic E-state index is 10.8. The van der Waals surface area contributed by atoms with Gasteiger partial charge in [0.2, 0.25) is 0 Å². The molecule has 5 heavy (non-hydrogen) atoms. The minimum absolute atomic E-state index is 0.574. The summed E-state index contributed by atoms with van der Waals surface area (Å²) < 4.78 is 10.8. The van der Waals surface area contributed by atoms with Gasteiger partial charge < -0.3 is 0 Å². The van der Waals surface area contributed by atoms with Gasteiger partial charge in [0.15, 0.2) is 0 Å². The molecule has 0 spiro atoms. The Hall–Kier alpha value is -0.0500. The number of rotatable bonds is 0. The number of hydrogen-bond acceptors (Lipinski definition) is 2. The summed E-state index contributed by atoms with van der Waals surface area (Å²) >= 11 is 0.574. The second kappa shape index (κ2) is 2.20. The predicted molar refractivity (Wildman–Crippen MR) is 20.0 cm³/mol. The molecular formula is C2H3FOS. The fraction of sp³-hybridized carbons (Fsp3) is 0.500. The Kier molecular flexibility index (Phi) is 2.18. The largest absolute Gasteiger partial charge is 0.359 e. The first-order chi connectivity index (χ1) is 2.27. The van der Waals surface area contributed by atoms with Crippen LogP contribution in [0.15, 0.2) is 0 Å². The van der Waals surface area contributed by atoms with Gasteiger partial charge in [0, 0.05) is 0 Å². The highest BCUT2D eigenvalue weighted by Gasteiger charge is 1.84. The third kappa shape index (κ3) is 3.95. The molecule has 3 heteroatoms. The number of thioether (sulfide) groups is 1. The number of carbonyl (C=O) groups excluding carboxylic acids is 1. The van der Waals surface area contributed by atoms with Crippen LogP contribution < -0.4 is 0 Å². The standard InChI is InChI=1S/C2H3FOS/c1-5-2(3)4/h1H3. The molecule has 0 rings (SSSR count). The molecule has 0 saturated carbocycles. The Morgan fingerprint density at radius 3 is 2.20 bits per heavy atom. The van der Waals surface area contributed by atoms with Crippen LogP contribution in [0.5, 0.6) is 0 Å². The Balaban J connectivity index is 2.85. The van der Waals surface area contributed by atoms with Gasteiger partial charge in [-0.15, -0.1) is 0 Å². The number of halogens is 1. The Morgan fingerprint density at radius 2 is 2.20 bits per heavy atom. The quantitative estimate of drug-likeness (QED) is 0.422. The molecule has 0 aliphatic carbocycles. The van der Waals surface area contributed by atoms with E-state index in [-0.39, 0.29) is 0 Å². The van der Waals surface area contributed by atoms with Crippen molar-refractivity contribution in [2.45, 2.75) is 0 Å². The molecule has 0 saturated heterocycles. The lowest BCUT2D eigenvalue weighted by Gasteiger charge is -1.66. The molecule has 30 valence electrons. The zero-order valence-electron chi connectivity index (χ0n) is 2.69. The van der Waals surface area contributed by atoms with Gasteiger partial charge in [-0.1, -0.05) is 11.8 Å². The van der Waals surface area contributed by atoms with E-state index in [1.165, 1.54) is 6.26 Å². The van der Waals surface area contributed by atoms with Crippen molar-refractivity contribution in [3.8, 4) is 0 Å². The van der Waals surface area contributed by atoms with Crippen molar-refractivity contribution >= 4 is 17.1 Å². The van der Waals surface area contributed by atoms with E-state index >= 15 is 0 Å². The van der Waals surface area contributed by atoms with Gasteiger partial charge in [0.05, 0.1) is 0 Å². The SMILES string of the molecule is CSC(=O)F. The third-order valence-electron chi connectivity index (χ3n) is 0.160. The van der Waals surface area contributed by atoms with E-state index in [9.17, 15) is 4.39 Å². The van der Waals surface area contributed by atoms with Crippen LogP contribution in [-0.2, 0) is 0 Å². The van der Waals surface area contributed by atoms with Crippen molar-refractivity contribution in [3.63, 3.8) is 0 Å². The summed E-state index contributed by atoms with van der Waals surface area (Å²) in [6.07, 6.45) is 1.39. The van der Waals surface area contributed by atoms with E-state index in [0.29, 0.717) is 11.8 Å². The first-order valence-electron chi connectivity index (χ1n) is 1.01. The van der Waals surface area contributed by atoms with Crippen LogP contribution in [0.25, 0.3) is 0 Å². The number of carbonyl (C=O) groups is 1. The molecular weight excluding hydrogens is 91.1 g/mol. The minimum atomic E-state index is -1.33. The van der Waals surface area contributed by atoms with Crippen LogP contribution in [0.2, 0.25) is 0 Å². The maximum Gasteiger partial charge on any atom is 0.359 e. The van der Waals surface area contributed by atoms with Crippen LogP contribution in [-0.4, -0.2) is 11.6 Å². The average Bonchev–Trinajstić information content (AvgIpc) is 1.38. The monoisotopic (exact) mass is 94.0 g/mol. The zero-order valence-corrected chi connectivity index (χ0v) is 3.51. The van der Waals surface area contributed by atoms with Crippen LogP contribution in [0.4, 0.5) is 9.18 Å². The Morgan fingerprint density at radius 1 is 2.00 bits per heavy atom. The van der Waals surface area contributed by atoms with E-state index in [1.807, 2.05) is 0 Å². The van der Waals surface area contributed by atoms with E-state index in [4.69, 9.17) is 4.79 Å². The highest BCUT2D eigenvalue weighted by Crippen LogP contribution is 1.94. The minimum Gasteiger partial charge on any atom is -0.248 e. The second-order valence-corrected chi connectivity index (χ2v) is 1.17. The molecule has 0 fully saturated rings. The van der Waals surface area contributed by atoms with E-state index in [0.717, 1.165) is 0 Å². The van der Waals surface area contributed by atoms with Gasteiger partial charge in [-0.05, 0) is 6.26 Å². The van der Waals surface area contributed by atoms with Crippen LogP contribution >= 0.6 is 11.8 Å². The summed E-state index contributed by atoms with van der Waals surface area (Å²) in [5.74, 6) is 0. The van der Waals surface area contributed by atoms with Crippen LogP contribution in [0.1, 0.15) is 0 Å². The van der Waals surface area contributed by atoms with Gasteiger partial charge in [-0.25, -0.2) is 4.79 Å². The first-order valence-corrected chi connectivity index (χ1v) is 2.23. The molecule has 0 aromatic rings. The highest BCUT2D eigenvalue weighted by molar-refractivity contribution is 8.12. The topological polar surface area (TPSA) is 17.1 Å². The molecule has 0 aliphatic rings. The van der Waals surface area contributed by atoms with Gasteiger partial charge in [-0.3, -0.25) is 0 Å². The molecule has 1 nitrogen and oxygen atoms in total. The lowest BCUT2D eigenvalue weighted by molar-refractivity contribution is 0.245. The first kappa shape index (κ1) is 4.95. The zero-order chi connectivity index (χ0) is 4.28. The van der Waals surface area contributed by atoms with Crippen molar-refractivity contribution < 1.29 is 9.18 Å². The highest BCUT2D eigenvalue weighted by atomic mass is 32.2. The predicted octanol–water partition coefficient (Wildman–Crippen LogP) is 1.44. The van der Waals surface area contributed by atoms with Crippen molar-refractivity contribution in [1.29, 1.82) is 0 Å². The summed E-state index contributed by atoms with van der Waals surface area (Å²) in [5.41, 5.74) is 0. The van der Waals surface area contributed by atoms with Gasteiger partial charge >= 0.3 is 5.37 Å². The lowest BCUT2D eigenvalue weighted by Crippen LogP contribution is -1.63. The summed E-state index contributed by atoms with van der Waals surface area (Å²) in [6, 6.07) is 0. The molecule has 0 atom stereocenters. The molecule has 0 radical (unpaired) electrons. The normalized spacial score (nSPS) is 7.60. The molecule has 0 unspecified atom stereocenters. The molecule has 0 N–H and O–H groups in total. The average molecular weight is 94.1 g/mol. The summed E-state index contributed by atoms with van der Waals surface area (Å²) in [4.78, 5) is 9.11. The molecule has 0 bridgehead atoms. The lowest BCUT2D eigenvalue weighted by atomic mass is 11.7. The fourth-order valence-corrected chi connectivity index (χ4v) is 0. The van der Waals surface area contributed by atoms with Crippen molar-refractivity contribution in [2.75, 3.05) is 6.26 Å². The molecule has 0 aromatic carbocycles. The smallest absolute Gasteiger partial charge is 0.248 e. The van der Waals surface area contributed by atoms with Crippen molar-refractivity contribution in [2.24, 2.45) is 0 Å². The third-order valence-corrected chi connectivity index (χ3v) is 0.481. The van der Waals surface area contributed by atoms with Crippen LogP contribution in [0, 0.1) is 0 Å². The molecule has 0 amide bonds. The molecule has 0 heterocycles.